The molecule has 0 spiro atoms. The fraction of sp³-hybridized carbons (Fsp3) is 0.571. The molecular weight excluding hydrogens is 196 g/mol. The third kappa shape index (κ3) is 2.97. The number of hydrogen-bond donors (Lipinski definition) is 1. The van der Waals surface area contributed by atoms with E-state index in [2.05, 4.69) is 10.3 Å². The number of likely N-dealkylation sites (N-methyl/N-ethyl adjacent to an activating group) is 1. The highest BCUT2D eigenvalue weighted by Gasteiger charge is 2.05. The van der Waals surface area contributed by atoms with E-state index in [1.165, 1.54) is 11.3 Å². The van der Waals surface area contributed by atoms with Gasteiger partial charge in [-0.05, 0) is 14.0 Å². The zero-order valence-corrected chi connectivity index (χ0v) is 8.58. The van der Waals surface area contributed by atoms with Gasteiger partial charge >= 0.3 is 0 Å². The van der Waals surface area contributed by atoms with Gasteiger partial charge in [0.25, 0.3) is 5.19 Å². The van der Waals surface area contributed by atoms with Crippen molar-refractivity contribution in [2.24, 2.45) is 0 Å². The van der Waals surface area contributed by atoms with Crippen molar-refractivity contribution in [1.82, 2.24) is 10.3 Å². The lowest BCUT2D eigenvalue weighted by molar-refractivity contribution is 0.219. The van der Waals surface area contributed by atoms with Crippen molar-refractivity contribution in [2.45, 2.75) is 13.0 Å². The van der Waals surface area contributed by atoms with Crippen molar-refractivity contribution < 1.29 is 4.74 Å². The minimum absolute atomic E-state index is 0.122. The maximum Gasteiger partial charge on any atom is 0.274 e. The summed E-state index contributed by atoms with van der Waals surface area (Å²) in [4.78, 5) is 3.97. The summed E-state index contributed by atoms with van der Waals surface area (Å²) in [5.74, 6) is 0. The molecule has 3 nitrogen and oxygen atoms in total. The molecule has 0 saturated heterocycles. The number of rotatable bonds is 4. The molecule has 0 radical (unpaired) electrons. The molecule has 5 heteroatoms. The van der Waals surface area contributed by atoms with Crippen molar-refractivity contribution in [1.29, 1.82) is 0 Å². The predicted molar refractivity (Wildman–Crippen MR) is 51.1 cm³/mol. The van der Waals surface area contributed by atoms with Gasteiger partial charge in [0.05, 0.1) is 0 Å². The fourth-order valence-electron chi connectivity index (χ4n) is 0.794. The lowest BCUT2D eigenvalue weighted by atomic mass is 10.4. The molecule has 68 valence electrons. The predicted octanol–water partition coefficient (Wildman–Crippen LogP) is 1.78. The van der Waals surface area contributed by atoms with E-state index in [-0.39, 0.29) is 6.10 Å². The van der Waals surface area contributed by atoms with Crippen LogP contribution in [-0.2, 0) is 0 Å². The molecule has 1 atom stereocenters. The van der Waals surface area contributed by atoms with Gasteiger partial charge in [0, 0.05) is 11.9 Å². The van der Waals surface area contributed by atoms with E-state index in [9.17, 15) is 0 Å². The van der Waals surface area contributed by atoms with Crippen LogP contribution >= 0.6 is 22.9 Å². The van der Waals surface area contributed by atoms with Gasteiger partial charge in [-0.25, -0.2) is 0 Å². The third-order valence-corrected chi connectivity index (χ3v) is 2.30. The zero-order chi connectivity index (χ0) is 8.97. The van der Waals surface area contributed by atoms with Crippen molar-refractivity contribution in [3.8, 4) is 5.19 Å². The molecule has 0 amide bonds. The standard InChI is InChI=1S/C7H11ClN2OS/c1-5(3-9-2)11-7-10-6(8)4-12-7/h4-5,9H,3H2,1-2H3. The van der Waals surface area contributed by atoms with Crippen LogP contribution in [-0.4, -0.2) is 24.7 Å². The summed E-state index contributed by atoms with van der Waals surface area (Å²) in [6, 6.07) is 0. The lowest BCUT2D eigenvalue weighted by Gasteiger charge is -2.10. The SMILES string of the molecule is CNCC(C)Oc1nc(Cl)cs1. The van der Waals surface area contributed by atoms with Crippen LogP contribution in [0.15, 0.2) is 5.38 Å². The van der Waals surface area contributed by atoms with Gasteiger partial charge in [0.1, 0.15) is 11.3 Å². The minimum Gasteiger partial charge on any atom is -0.466 e. The Morgan fingerprint density at radius 2 is 2.58 bits per heavy atom. The summed E-state index contributed by atoms with van der Waals surface area (Å²) in [6.07, 6.45) is 0.122. The van der Waals surface area contributed by atoms with Crippen molar-refractivity contribution in [3.05, 3.63) is 10.5 Å². The van der Waals surface area contributed by atoms with Crippen LogP contribution in [0.3, 0.4) is 0 Å². The summed E-state index contributed by atoms with van der Waals surface area (Å²) in [6.45, 7) is 2.78. The Labute approximate surface area is 80.7 Å². The smallest absolute Gasteiger partial charge is 0.274 e. The molecule has 1 heterocycles. The molecule has 0 fully saturated rings. The Balaban J connectivity index is 2.41. The molecule has 0 aliphatic carbocycles. The highest BCUT2D eigenvalue weighted by Crippen LogP contribution is 2.21. The number of ether oxygens (including phenoxy) is 1. The molecule has 0 saturated carbocycles. The number of nitrogens with one attached hydrogen (secondary N) is 1. The quantitative estimate of drug-likeness (QED) is 0.816. The third-order valence-electron chi connectivity index (χ3n) is 1.25. The molecule has 1 rings (SSSR count). The van der Waals surface area contributed by atoms with E-state index in [1.54, 1.807) is 5.38 Å². The van der Waals surface area contributed by atoms with E-state index in [4.69, 9.17) is 16.3 Å². The van der Waals surface area contributed by atoms with E-state index < -0.39 is 0 Å². The van der Waals surface area contributed by atoms with Crippen molar-refractivity contribution in [2.75, 3.05) is 13.6 Å². The first kappa shape index (κ1) is 9.77. The zero-order valence-electron chi connectivity index (χ0n) is 7.00. The van der Waals surface area contributed by atoms with Crippen LogP contribution in [0.2, 0.25) is 5.15 Å². The normalized spacial score (nSPS) is 12.9. The van der Waals surface area contributed by atoms with E-state index in [0.29, 0.717) is 10.3 Å². The van der Waals surface area contributed by atoms with Gasteiger partial charge in [0.2, 0.25) is 0 Å². The van der Waals surface area contributed by atoms with Gasteiger partial charge in [-0.3, -0.25) is 0 Å². The summed E-state index contributed by atoms with van der Waals surface area (Å²) >= 11 is 7.04. The summed E-state index contributed by atoms with van der Waals surface area (Å²) in [7, 11) is 1.88. The molecule has 12 heavy (non-hydrogen) atoms. The highest BCUT2D eigenvalue weighted by molar-refractivity contribution is 7.11. The Bertz CT molecular complexity index is 241. The second kappa shape index (κ2) is 4.64. The van der Waals surface area contributed by atoms with Gasteiger partial charge in [-0.1, -0.05) is 22.9 Å². The Kier molecular flexibility index (Phi) is 3.78. The van der Waals surface area contributed by atoms with Crippen LogP contribution in [0.4, 0.5) is 0 Å². The maximum absolute atomic E-state index is 5.62. The van der Waals surface area contributed by atoms with E-state index in [0.717, 1.165) is 6.54 Å². The second-order valence-electron chi connectivity index (χ2n) is 2.42. The topological polar surface area (TPSA) is 34.1 Å². The van der Waals surface area contributed by atoms with Crippen molar-refractivity contribution >= 4 is 22.9 Å². The molecule has 0 aliphatic heterocycles. The maximum atomic E-state index is 5.62. The van der Waals surface area contributed by atoms with E-state index >= 15 is 0 Å². The number of halogens is 1. The average molecular weight is 207 g/mol. The molecule has 1 aromatic heterocycles. The molecule has 1 N–H and O–H groups in total. The van der Waals surface area contributed by atoms with Crippen molar-refractivity contribution in [3.63, 3.8) is 0 Å². The van der Waals surface area contributed by atoms with Gasteiger partial charge in [-0.2, -0.15) is 4.98 Å². The first-order valence-electron chi connectivity index (χ1n) is 3.64. The largest absolute Gasteiger partial charge is 0.466 e. The Morgan fingerprint density at radius 1 is 1.83 bits per heavy atom. The van der Waals surface area contributed by atoms with Gasteiger partial charge in [-0.15, -0.1) is 0 Å². The number of thiazole rings is 1. The number of aromatic nitrogens is 1. The monoisotopic (exact) mass is 206 g/mol. The first-order valence-corrected chi connectivity index (χ1v) is 4.90. The molecule has 0 aliphatic rings. The minimum atomic E-state index is 0.122. The number of hydrogen-bond acceptors (Lipinski definition) is 4. The van der Waals surface area contributed by atoms with Crippen LogP contribution in [0.25, 0.3) is 0 Å². The Morgan fingerprint density at radius 3 is 3.08 bits per heavy atom. The molecular formula is C7H11ClN2OS. The Hall–Kier alpha value is -0.320. The summed E-state index contributed by atoms with van der Waals surface area (Å²) in [5.41, 5.74) is 0. The van der Waals surface area contributed by atoms with Crippen LogP contribution in [0.5, 0.6) is 5.19 Å². The van der Waals surface area contributed by atoms with Gasteiger partial charge in [0.15, 0.2) is 0 Å². The summed E-state index contributed by atoms with van der Waals surface area (Å²) < 4.78 is 5.44. The lowest BCUT2D eigenvalue weighted by Crippen LogP contribution is -2.25. The van der Waals surface area contributed by atoms with Crippen LogP contribution in [0, 0.1) is 0 Å². The molecule has 1 unspecified atom stereocenters. The summed E-state index contributed by atoms with van der Waals surface area (Å²) in [5, 5.41) is 5.89. The average Bonchev–Trinajstić information content (AvgIpc) is 2.36. The number of nitrogens with zero attached hydrogens (tertiary/aromatic N) is 1. The highest BCUT2D eigenvalue weighted by atomic mass is 35.5. The van der Waals surface area contributed by atoms with E-state index in [1.807, 2.05) is 14.0 Å². The fourth-order valence-corrected chi connectivity index (χ4v) is 1.68. The molecule has 0 aromatic carbocycles. The first-order chi connectivity index (χ1) is 5.72. The molecule has 1 aromatic rings. The second-order valence-corrected chi connectivity index (χ2v) is 3.63. The molecule has 0 bridgehead atoms. The van der Waals surface area contributed by atoms with Gasteiger partial charge < -0.3 is 10.1 Å². The van der Waals surface area contributed by atoms with Crippen LogP contribution < -0.4 is 10.1 Å². The van der Waals surface area contributed by atoms with Crippen LogP contribution in [0.1, 0.15) is 6.92 Å².